The average Bonchev–Trinajstić information content (AvgIpc) is 3.11. The van der Waals surface area contributed by atoms with Crippen LogP contribution in [0.25, 0.3) is 21.7 Å². The van der Waals surface area contributed by atoms with Gasteiger partial charge in [0.2, 0.25) is 0 Å². The molecule has 0 spiro atoms. The van der Waals surface area contributed by atoms with E-state index in [2.05, 4.69) is 12.1 Å². The van der Waals surface area contributed by atoms with E-state index in [-0.39, 0.29) is 5.91 Å². The van der Waals surface area contributed by atoms with Crippen molar-refractivity contribution in [1.82, 2.24) is 4.90 Å². The molecule has 0 atom stereocenters. The van der Waals surface area contributed by atoms with Crippen molar-refractivity contribution in [2.45, 2.75) is 13.3 Å². The summed E-state index contributed by atoms with van der Waals surface area (Å²) in [6.45, 7) is 2.60. The summed E-state index contributed by atoms with van der Waals surface area (Å²) in [5, 5.41) is 3.85. The molecular weight excluding hydrogens is 380 g/mol. The maximum atomic E-state index is 13.5. The number of nitrogens with zero attached hydrogens (tertiary/aromatic N) is 2. The molecule has 4 aromatic rings. The molecule has 1 amide bonds. The Morgan fingerprint density at radius 2 is 1.79 bits per heavy atom. The average molecular weight is 401 g/mol. The molecule has 0 unspecified atom stereocenters. The molecule has 29 heavy (non-hydrogen) atoms. The summed E-state index contributed by atoms with van der Waals surface area (Å²) in [5.41, 5.74) is 2.50. The van der Waals surface area contributed by atoms with Crippen LogP contribution in [0.15, 0.2) is 76.1 Å². The van der Waals surface area contributed by atoms with E-state index in [0.29, 0.717) is 12.3 Å². The van der Waals surface area contributed by atoms with Crippen molar-refractivity contribution < 1.29 is 9.21 Å². The number of aryl methyl sites for hydroxylation is 1. The number of benzene rings is 3. The second-order valence-corrected chi connectivity index (χ2v) is 8.17. The number of fused-ring (bicyclic) bond motifs is 3. The molecule has 144 valence electrons. The van der Waals surface area contributed by atoms with Gasteiger partial charge in [-0.3, -0.25) is 9.69 Å². The first-order valence-corrected chi connectivity index (χ1v) is 10.7. The third-order valence-corrected chi connectivity index (χ3v) is 6.30. The first kappa shape index (κ1) is 18.0. The number of carbonyl (C=O) groups is 1. The number of amidine groups is 1. The van der Waals surface area contributed by atoms with Gasteiger partial charge < -0.3 is 4.42 Å². The van der Waals surface area contributed by atoms with Gasteiger partial charge in [0.15, 0.2) is 10.9 Å². The highest BCUT2D eigenvalue weighted by Crippen LogP contribution is 2.33. The second kappa shape index (κ2) is 7.41. The zero-order chi connectivity index (χ0) is 19.8. The van der Waals surface area contributed by atoms with Crippen LogP contribution < -0.4 is 0 Å². The Bertz CT molecular complexity index is 1240. The number of carbonyl (C=O) groups excluding carboxylic acids is 1. The molecule has 1 aliphatic heterocycles. The van der Waals surface area contributed by atoms with E-state index in [1.807, 2.05) is 61.5 Å². The Kier molecular flexibility index (Phi) is 4.60. The topological polar surface area (TPSA) is 45.8 Å². The lowest BCUT2D eigenvalue weighted by atomic mass is 10.1. The Morgan fingerprint density at radius 3 is 2.66 bits per heavy atom. The van der Waals surface area contributed by atoms with Crippen molar-refractivity contribution in [3.05, 3.63) is 78.1 Å². The van der Waals surface area contributed by atoms with Gasteiger partial charge in [-0.2, -0.15) is 0 Å². The summed E-state index contributed by atoms with van der Waals surface area (Å²) in [4.78, 5) is 19.9. The maximum absolute atomic E-state index is 13.5. The summed E-state index contributed by atoms with van der Waals surface area (Å²) in [5.74, 6) is 1.24. The number of hydrogen-bond acceptors (Lipinski definition) is 4. The quantitative estimate of drug-likeness (QED) is 0.405. The van der Waals surface area contributed by atoms with Crippen molar-refractivity contribution >= 4 is 50.3 Å². The smallest absolute Gasteiger partial charge is 0.295 e. The van der Waals surface area contributed by atoms with E-state index in [0.717, 1.165) is 50.3 Å². The molecular formula is C24H20N2O2S. The van der Waals surface area contributed by atoms with Gasteiger partial charge in [-0.05, 0) is 30.9 Å². The molecule has 1 saturated heterocycles. The fourth-order valence-corrected chi connectivity index (χ4v) is 4.69. The summed E-state index contributed by atoms with van der Waals surface area (Å²) in [6, 6.07) is 22.0. The molecule has 0 radical (unpaired) electrons. The lowest BCUT2D eigenvalue weighted by molar-refractivity contribution is 0.0820. The van der Waals surface area contributed by atoms with Crippen LogP contribution in [-0.4, -0.2) is 28.3 Å². The molecule has 5 heteroatoms. The largest absolute Gasteiger partial charge is 0.450 e. The van der Waals surface area contributed by atoms with Crippen molar-refractivity contribution in [1.29, 1.82) is 0 Å². The number of aliphatic imine (C=N–C) groups is 1. The Hall–Kier alpha value is -3.05. The van der Waals surface area contributed by atoms with Crippen LogP contribution in [-0.2, 0) is 0 Å². The molecule has 4 nitrogen and oxygen atoms in total. The summed E-state index contributed by atoms with van der Waals surface area (Å²) < 4.78 is 6.17. The van der Waals surface area contributed by atoms with Crippen molar-refractivity contribution in [2.75, 3.05) is 12.3 Å². The van der Waals surface area contributed by atoms with Gasteiger partial charge in [-0.15, -0.1) is 0 Å². The lowest BCUT2D eigenvalue weighted by Gasteiger charge is -2.27. The zero-order valence-electron chi connectivity index (χ0n) is 16.1. The van der Waals surface area contributed by atoms with Crippen LogP contribution in [0.1, 0.15) is 22.5 Å². The third-order valence-electron chi connectivity index (χ3n) is 5.24. The molecule has 1 aromatic heterocycles. The van der Waals surface area contributed by atoms with Crippen LogP contribution in [0, 0.1) is 6.92 Å². The minimum Gasteiger partial charge on any atom is -0.450 e. The molecule has 1 aliphatic rings. The predicted molar refractivity (Wildman–Crippen MR) is 120 cm³/mol. The summed E-state index contributed by atoms with van der Waals surface area (Å²) in [6.07, 6.45) is 0.937. The minimum atomic E-state index is -0.121. The molecule has 2 heterocycles. The van der Waals surface area contributed by atoms with Crippen molar-refractivity contribution in [3.8, 4) is 0 Å². The molecule has 3 aromatic carbocycles. The van der Waals surface area contributed by atoms with Gasteiger partial charge in [0.1, 0.15) is 5.58 Å². The van der Waals surface area contributed by atoms with E-state index in [9.17, 15) is 4.79 Å². The highest BCUT2D eigenvalue weighted by molar-refractivity contribution is 8.13. The number of hydrogen-bond donors (Lipinski definition) is 0. The van der Waals surface area contributed by atoms with Gasteiger partial charge in [0, 0.05) is 28.6 Å². The van der Waals surface area contributed by atoms with E-state index in [1.54, 1.807) is 16.7 Å². The summed E-state index contributed by atoms with van der Waals surface area (Å²) in [7, 11) is 0. The molecule has 0 bridgehead atoms. The van der Waals surface area contributed by atoms with Gasteiger partial charge >= 0.3 is 0 Å². The van der Waals surface area contributed by atoms with E-state index in [4.69, 9.17) is 9.41 Å². The highest BCUT2D eigenvalue weighted by atomic mass is 32.2. The second-order valence-electron chi connectivity index (χ2n) is 7.11. The summed E-state index contributed by atoms with van der Waals surface area (Å²) >= 11 is 1.62. The van der Waals surface area contributed by atoms with Crippen LogP contribution in [0.5, 0.6) is 0 Å². The number of para-hydroxylation sites is 1. The van der Waals surface area contributed by atoms with E-state index in [1.165, 1.54) is 0 Å². The van der Waals surface area contributed by atoms with Crippen LogP contribution in [0.2, 0.25) is 0 Å². The third kappa shape index (κ3) is 3.21. The molecule has 0 aliphatic carbocycles. The van der Waals surface area contributed by atoms with E-state index < -0.39 is 0 Å². The molecule has 1 fully saturated rings. The monoisotopic (exact) mass is 400 g/mol. The SMILES string of the molecule is Cc1c(C(=O)N2CCCSC2=Nc2ccccc2)oc2c1ccc1ccccc12. The fraction of sp³-hybridized carbons (Fsp3) is 0.167. The van der Waals surface area contributed by atoms with Crippen LogP contribution in [0.4, 0.5) is 5.69 Å². The lowest BCUT2D eigenvalue weighted by Crippen LogP contribution is -2.39. The van der Waals surface area contributed by atoms with Gasteiger partial charge in [0.25, 0.3) is 5.91 Å². The Balaban J connectivity index is 1.58. The molecule has 0 saturated carbocycles. The zero-order valence-corrected chi connectivity index (χ0v) is 16.9. The number of thioether (sulfide) groups is 1. The number of amides is 1. The van der Waals surface area contributed by atoms with Crippen molar-refractivity contribution in [3.63, 3.8) is 0 Å². The highest BCUT2D eigenvalue weighted by Gasteiger charge is 2.29. The van der Waals surface area contributed by atoms with E-state index >= 15 is 0 Å². The Morgan fingerprint density at radius 1 is 1.00 bits per heavy atom. The number of furan rings is 1. The van der Waals surface area contributed by atoms with Crippen LogP contribution in [0.3, 0.4) is 0 Å². The molecule has 0 N–H and O–H groups in total. The normalized spacial score (nSPS) is 16.0. The molecule has 5 rings (SSSR count). The number of rotatable bonds is 2. The Labute approximate surface area is 173 Å². The van der Waals surface area contributed by atoms with Crippen molar-refractivity contribution in [2.24, 2.45) is 4.99 Å². The van der Waals surface area contributed by atoms with Gasteiger partial charge in [-0.1, -0.05) is 66.4 Å². The van der Waals surface area contributed by atoms with Crippen LogP contribution >= 0.6 is 11.8 Å². The van der Waals surface area contributed by atoms with Gasteiger partial charge in [0.05, 0.1) is 5.69 Å². The minimum absolute atomic E-state index is 0.121. The first-order chi connectivity index (χ1) is 14.2. The first-order valence-electron chi connectivity index (χ1n) is 9.71. The van der Waals surface area contributed by atoms with Gasteiger partial charge in [-0.25, -0.2) is 4.99 Å². The fourth-order valence-electron chi connectivity index (χ4n) is 3.73. The maximum Gasteiger partial charge on any atom is 0.295 e. The standard InChI is InChI=1S/C24H20N2O2S/c1-16-19-13-12-17-8-5-6-11-20(17)22(19)28-21(16)23(27)26-14-7-15-29-24(26)25-18-9-3-2-4-10-18/h2-6,8-13H,7,14-15H2,1H3. The predicted octanol–water partition coefficient (Wildman–Crippen LogP) is 6.16.